The molecule has 3 N–H and O–H groups in total. The van der Waals surface area contributed by atoms with Crippen LogP contribution in [0.25, 0.3) is 0 Å². The third-order valence-electron chi connectivity index (χ3n) is 4.04. The Hall–Kier alpha value is -0.520. The van der Waals surface area contributed by atoms with Crippen LogP contribution in [0.5, 0.6) is 0 Å². The molecular formula is C14H26N4S. The number of nitrogens with one attached hydrogen (secondary N) is 1. The van der Waals surface area contributed by atoms with Gasteiger partial charge in [-0.1, -0.05) is 13.8 Å². The minimum absolute atomic E-state index is 0.345. The van der Waals surface area contributed by atoms with Crippen molar-refractivity contribution in [1.29, 1.82) is 0 Å². The fraction of sp³-hybridized carbons (Fsp3) is 0.786. The molecule has 1 aromatic rings. The monoisotopic (exact) mass is 282 g/mol. The highest BCUT2D eigenvalue weighted by Gasteiger charge is 2.25. The van der Waals surface area contributed by atoms with Crippen molar-refractivity contribution in [2.75, 3.05) is 5.75 Å². The SMILES string of the molecule is CCC(CC)n1ccc(CC(NN)C2CCCS2)n1. The van der Waals surface area contributed by atoms with Gasteiger partial charge in [-0.3, -0.25) is 16.0 Å². The van der Waals surface area contributed by atoms with Gasteiger partial charge in [0.2, 0.25) is 0 Å². The second-order valence-corrected chi connectivity index (χ2v) is 6.63. The summed E-state index contributed by atoms with van der Waals surface area (Å²) in [6.45, 7) is 4.43. The van der Waals surface area contributed by atoms with Crippen molar-refractivity contribution in [1.82, 2.24) is 15.2 Å². The Labute approximate surface area is 120 Å². The summed E-state index contributed by atoms with van der Waals surface area (Å²) in [6, 6.07) is 3.01. The Balaban J connectivity index is 1.97. The molecule has 0 aliphatic carbocycles. The number of aromatic nitrogens is 2. The van der Waals surface area contributed by atoms with Crippen LogP contribution in [0, 0.1) is 0 Å². The lowest BCUT2D eigenvalue weighted by Crippen LogP contribution is -2.43. The first-order chi connectivity index (χ1) is 9.28. The Morgan fingerprint density at radius 2 is 2.32 bits per heavy atom. The van der Waals surface area contributed by atoms with Crippen molar-refractivity contribution >= 4 is 11.8 Å². The Morgan fingerprint density at radius 3 is 2.89 bits per heavy atom. The standard InChI is InChI=1S/C14H26N4S/c1-3-12(4-2)18-8-7-11(17-18)10-13(16-15)14-6-5-9-19-14/h7-8,12-14,16H,3-6,9-10,15H2,1-2H3. The number of nitrogens with zero attached hydrogens (tertiary/aromatic N) is 2. The van der Waals surface area contributed by atoms with Crippen LogP contribution < -0.4 is 11.3 Å². The van der Waals surface area contributed by atoms with E-state index in [1.807, 2.05) is 11.8 Å². The number of nitrogens with two attached hydrogens (primary N) is 1. The van der Waals surface area contributed by atoms with Crippen LogP contribution in [0.1, 0.15) is 51.3 Å². The first-order valence-electron chi connectivity index (χ1n) is 7.40. The van der Waals surface area contributed by atoms with E-state index in [1.54, 1.807) is 0 Å². The maximum absolute atomic E-state index is 5.72. The van der Waals surface area contributed by atoms with E-state index in [2.05, 4.69) is 36.2 Å². The van der Waals surface area contributed by atoms with Crippen LogP contribution in [0.15, 0.2) is 12.3 Å². The van der Waals surface area contributed by atoms with Gasteiger partial charge in [-0.2, -0.15) is 16.9 Å². The normalized spacial score (nSPS) is 21.2. The minimum Gasteiger partial charge on any atom is -0.271 e. The van der Waals surface area contributed by atoms with Crippen LogP contribution >= 0.6 is 11.8 Å². The van der Waals surface area contributed by atoms with Crippen LogP contribution in [0.3, 0.4) is 0 Å². The van der Waals surface area contributed by atoms with Gasteiger partial charge in [0.15, 0.2) is 0 Å². The molecule has 0 spiro atoms. The summed E-state index contributed by atoms with van der Waals surface area (Å²) in [5, 5.41) is 5.37. The summed E-state index contributed by atoms with van der Waals surface area (Å²) in [5.41, 5.74) is 4.14. The molecule has 0 saturated carbocycles. The van der Waals surface area contributed by atoms with E-state index < -0.39 is 0 Å². The van der Waals surface area contributed by atoms with Gasteiger partial charge in [0.05, 0.1) is 11.7 Å². The van der Waals surface area contributed by atoms with Crippen LogP contribution in [0.2, 0.25) is 0 Å². The van der Waals surface area contributed by atoms with Gasteiger partial charge < -0.3 is 0 Å². The molecule has 2 atom stereocenters. The molecule has 1 aromatic heterocycles. The molecule has 108 valence electrons. The Kier molecular flexibility index (Phi) is 5.73. The number of rotatable bonds is 7. The summed E-state index contributed by atoms with van der Waals surface area (Å²) < 4.78 is 2.12. The highest BCUT2D eigenvalue weighted by atomic mass is 32.2. The average molecular weight is 282 g/mol. The molecule has 1 aliphatic rings. The molecule has 1 fully saturated rings. The Morgan fingerprint density at radius 1 is 1.53 bits per heavy atom. The van der Waals surface area contributed by atoms with Gasteiger partial charge in [0.25, 0.3) is 0 Å². The first-order valence-corrected chi connectivity index (χ1v) is 8.45. The highest BCUT2D eigenvalue weighted by molar-refractivity contribution is 8.00. The van der Waals surface area contributed by atoms with Gasteiger partial charge in [-0.15, -0.1) is 0 Å². The summed E-state index contributed by atoms with van der Waals surface area (Å²) in [7, 11) is 0. The fourth-order valence-electron chi connectivity index (χ4n) is 2.80. The number of hydrogen-bond acceptors (Lipinski definition) is 4. The average Bonchev–Trinajstić information content (AvgIpc) is 3.09. The minimum atomic E-state index is 0.345. The summed E-state index contributed by atoms with van der Waals surface area (Å²) in [4.78, 5) is 0. The van der Waals surface area contributed by atoms with Gasteiger partial charge in [-0.05, 0) is 37.5 Å². The van der Waals surface area contributed by atoms with E-state index >= 15 is 0 Å². The highest BCUT2D eigenvalue weighted by Crippen LogP contribution is 2.29. The molecule has 0 amide bonds. The zero-order chi connectivity index (χ0) is 13.7. The predicted molar refractivity (Wildman–Crippen MR) is 82.1 cm³/mol. The molecule has 1 aliphatic heterocycles. The summed E-state index contributed by atoms with van der Waals surface area (Å²) >= 11 is 2.04. The summed E-state index contributed by atoms with van der Waals surface area (Å²) in [5.74, 6) is 6.99. The van der Waals surface area contributed by atoms with E-state index in [0.717, 1.165) is 25.0 Å². The van der Waals surface area contributed by atoms with E-state index in [0.29, 0.717) is 17.3 Å². The molecule has 0 bridgehead atoms. The molecule has 0 aromatic carbocycles. The van der Waals surface area contributed by atoms with E-state index in [9.17, 15) is 0 Å². The zero-order valence-corrected chi connectivity index (χ0v) is 12.8. The van der Waals surface area contributed by atoms with E-state index in [4.69, 9.17) is 10.9 Å². The quantitative estimate of drug-likeness (QED) is 0.596. The lowest BCUT2D eigenvalue weighted by Gasteiger charge is -2.21. The molecule has 2 heterocycles. The first kappa shape index (κ1) is 14.9. The maximum Gasteiger partial charge on any atom is 0.0641 e. The maximum atomic E-state index is 5.72. The van der Waals surface area contributed by atoms with Crippen molar-refractivity contribution < 1.29 is 0 Å². The second kappa shape index (κ2) is 7.31. The second-order valence-electron chi connectivity index (χ2n) is 5.29. The van der Waals surface area contributed by atoms with Gasteiger partial charge in [0.1, 0.15) is 0 Å². The van der Waals surface area contributed by atoms with Gasteiger partial charge in [-0.25, -0.2) is 0 Å². The molecule has 0 radical (unpaired) electrons. The van der Waals surface area contributed by atoms with Crippen molar-refractivity contribution in [2.24, 2.45) is 5.84 Å². The molecular weight excluding hydrogens is 256 g/mol. The zero-order valence-electron chi connectivity index (χ0n) is 12.0. The van der Waals surface area contributed by atoms with Crippen LogP contribution in [-0.2, 0) is 6.42 Å². The van der Waals surface area contributed by atoms with Crippen LogP contribution in [0.4, 0.5) is 0 Å². The third-order valence-corrected chi connectivity index (χ3v) is 5.55. The Bertz CT molecular complexity index is 369. The van der Waals surface area contributed by atoms with Gasteiger partial charge >= 0.3 is 0 Å². The molecule has 4 nitrogen and oxygen atoms in total. The molecule has 5 heteroatoms. The number of hydrazine groups is 1. The fourth-order valence-corrected chi connectivity index (χ4v) is 4.17. The van der Waals surface area contributed by atoms with E-state index in [-0.39, 0.29) is 0 Å². The van der Waals surface area contributed by atoms with Gasteiger partial charge in [0, 0.05) is 23.9 Å². The molecule has 19 heavy (non-hydrogen) atoms. The van der Waals surface area contributed by atoms with E-state index in [1.165, 1.54) is 18.6 Å². The number of thioether (sulfide) groups is 1. The lowest BCUT2D eigenvalue weighted by molar-refractivity contribution is 0.420. The topological polar surface area (TPSA) is 55.9 Å². The molecule has 2 rings (SSSR count). The largest absolute Gasteiger partial charge is 0.271 e. The third kappa shape index (κ3) is 3.74. The van der Waals surface area contributed by atoms with Crippen molar-refractivity contribution in [3.05, 3.63) is 18.0 Å². The molecule has 2 unspecified atom stereocenters. The lowest BCUT2D eigenvalue weighted by atomic mass is 10.1. The smallest absolute Gasteiger partial charge is 0.0641 e. The van der Waals surface area contributed by atoms with Crippen molar-refractivity contribution in [3.63, 3.8) is 0 Å². The van der Waals surface area contributed by atoms with Crippen molar-refractivity contribution in [2.45, 2.75) is 63.3 Å². The molecule has 1 saturated heterocycles. The van der Waals surface area contributed by atoms with Crippen LogP contribution in [-0.4, -0.2) is 26.8 Å². The number of hydrogen-bond donors (Lipinski definition) is 2. The summed E-state index contributed by atoms with van der Waals surface area (Å²) in [6.07, 6.45) is 7.90. The predicted octanol–water partition coefficient (Wildman–Crippen LogP) is 2.51. The van der Waals surface area contributed by atoms with Crippen molar-refractivity contribution in [3.8, 4) is 0 Å².